The van der Waals surface area contributed by atoms with E-state index in [-0.39, 0.29) is 24.7 Å². The zero-order valence-electron chi connectivity index (χ0n) is 16.1. The lowest BCUT2D eigenvalue weighted by molar-refractivity contribution is -0.134. The first-order valence-corrected chi connectivity index (χ1v) is 11.4. The van der Waals surface area contributed by atoms with E-state index < -0.39 is 15.1 Å². The van der Waals surface area contributed by atoms with Crippen LogP contribution in [0.1, 0.15) is 70.8 Å². The van der Waals surface area contributed by atoms with Gasteiger partial charge in [-0.25, -0.2) is 13.9 Å². The fraction of sp³-hybridized carbons (Fsp3) is 0.650. The minimum Gasteiger partial charge on any atom is -0.273 e. The lowest BCUT2D eigenvalue weighted by atomic mass is 10.1. The highest BCUT2D eigenvalue weighted by molar-refractivity contribution is 7.92. The zero-order valence-corrected chi connectivity index (χ0v) is 16.9. The van der Waals surface area contributed by atoms with E-state index in [4.69, 9.17) is 4.84 Å². The largest absolute Gasteiger partial charge is 0.273 e. The van der Waals surface area contributed by atoms with Gasteiger partial charge in [-0.15, -0.1) is 0 Å². The average molecular weight is 384 g/mol. The lowest BCUT2D eigenvalue weighted by Crippen LogP contribution is -2.33. The van der Waals surface area contributed by atoms with Gasteiger partial charge >= 0.3 is 0 Å². The predicted molar refractivity (Wildman–Crippen MR) is 105 cm³/mol. The topological polar surface area (TPSA) is 72.5 Å². The fourth-order valence-corrected chi connectivity index (χ4v) is 4.63. The zero-order chi connectivity index (χ0) is 19.3. The van der Waals surface area contributed by atoms with Crippen LogP contribution in [0.4, 0.5) is 0 Å². The Morgan fingerprint density at radius 3 is 2.38 bits per heavy atom. The third kappa shape index (κ3) is 9.34. The van der Waals surface area contributed by atoms with E-state index >= 15 is 0 Å². The monoisotopic (exact) mass is 383 g/mol. The maximum atomic E-state index is 12.6. The quantitative estimate of drug-likeness (QED) is 0.386. The molecular weight excluding hydrogens is 350 g/mol. The van der Waals surface area contributed by atoms with Gasteiger partial charge in [-0.05, 0) is 18.4 Å². The second-order valence-electron chi connectivity index (χ2n) is 6.70. The average Bonchev–Trinajstić information content (AvgIpc) is 2.63. The standard InChI is InChI=1S/C20H33NO4S/c1-3-5-7-11-15-26(23,24)19(14-6-4-2)16-20(22)21-25-17-18-12-9-8-10-13-18/h8-10,12-13,19H,3-7,11,14-17H2,1-2H3,(H,21,22). The molecule has 1 unspecified atom stereocenters. The first-order chi connectivity index (χ1) is 12.5. The van der Waals surface area contributed by atoms with Crippen molar-refractivity contribution in [2.75, 3.05) is 5.75 Å². The second-order valence-corrected chi connectivity index (χ2v) is 9.10. The number of carbonyl (C=O) groups excluding carboxylic acids is 1. The van der Waals surface area contributed by atoms with E-state index in [1.54, 1.807) is 0 Å². The van der Waals surface area contributed by atoms with E-state index in [2.05, 4.69) is 12.4 Å². The molecule has 0 aliphatic heterocycles. The molecule has 1 N–H and O–H groups in total. The number of unbranched alkanes of at least 4 members (excludes halogenated alkanes) is 4. The minimum atomic E-state index is -3.26. The molecule has 0 heterocycles. The number of rotatable bonds is 14. The summed E-state index contributed by atoms with van der Waals surface area (Å²) < 4.78 is 25.2. The molecule has 5 nitrogen and oxygen atoms in total. The van der Waals surface area contributed by atoms with Crippen LogP contribution in [0.5, 0.6) is 0 Å². The highest BCUT2D eigenvalue weighted by atomic mass is 32.2. The van der Waals surface area contributed by atoms with Crippen LogP contribution in [0.25, 0.3) is 0 Å². The molecule has 0 spiro atoms. The summed E-state index contributed by atoms with van der Waals surface area (Å²) in [5.41, 5.74) is 3.33. The van der Waals surface area contributed by atoms with Crippen molar-refractivity contribution >= 4 is 15.7 Å². The second kappa shape index (κ2) is 12.9. The fourth-order valence-electron chi connectivity index (χ4n) is 2.76. The van der Waals surface area contributed by atoms with E-state index in [0.29, 0.717) is 12.8 Å². The van der Waals surface area contributed by atoms with Crippen molar-refractivity contribution in [3.63, 3.8) is 0 Å². The van der Waals surface area contributed by atoms with Crippen LogP contribution in [-0.4, -0.2) is 25.3 Å². The third-order valence-electron chi connectivity index (χ3n) is 4.35. The van der Waals surface area contributed by atoms with Gasteiger partial charge < -0.3 is 0 Å². The highest BCUT2D eigenvalue weighted by Crippen LogP contribution is 2.17. The number of hydroxylamine groups is 1. The molecule has 1 aromatic carbocycles. The van der Waals surface area contributed by atoms with Gasteiger partial charge in [0.1, 0.15) is 0 Å². The molecule has 0 bridgehead atoms. The molecule has 0 aromatic heterocycles. The van der Waals surface area contributed by atoms with Crippen molar-refractivity contribution in [2.24, 2.45) is 0 Å². The molecule has 148 valence electrons. The van der Waals surface area contributed by atoms with Gasteiger partial charge in [-0.2, -0.15) is 0 Å². The number of sulfone groups is 1. The van der Waals surface area contributed by atoms with Gasteiger partial charge in [0.15, 0.2) is 9.84 Å². The van der Waals surface area contributed by atoms with Crippen molar-refractivity contribution < 1.29 is 18.0 Å². The lowest BCUT2D eigenvalue weighted by Gasteiger charge is -2.17. The SMILES string of the molecule is CCCCCCS(=O)(=O)C(CCCC)CC(=O)NOCc1ccccc1. The molecule has 0 fully saturated rings. The molecule has 0 aliphatic rings. The molecule has 0 saturated carbocycles. The molecule has 0 aliphatic carbocycles. The summed E-state index contributed by atoms with van der Waals surface area (Å²) in [4.78, 5) is 17.3. The molecule has 1 aromatic rings. The maximum absolute atomic E-state index is 12.6. The Bertz CT molecular complexity index is 601. The number of amides is 1. The van der Waals surface area contributed by atoms with Crippen LogP contribution in [0.3, 0.4) is 0 Å². The molecule has 26 heavy (non-hydrogen) atoms. The Morgan fingerprint density at radius 1 is 1.04 bits per heavy atom. The minimum absolute atomic E-state index is 0.0368. The number of benzene rings is 1. The number of nitrogens with one attached hydrogen (secondary N) is 1. The normalized spacial score (nSPS) is 12.7. The molecule has 1 amide bonds. The molecule has 1 rings (SSSR count). The summed E-state index contributed by atoms with van der Waals surface area (Å²) in [5, 5.41) is -0.621. The van der Waals surface area contributed by atoms with Gasteiger partial charge in [-0.3, -0.25) is 9.63 Å². The van der Waals surface area contributed by atoms with Gasteiger partial charge in [0, 0.05) is 6.42 Å². The van der Waals surface area contributed by atoms with Crippen LogP contribution in [0.2, 0.25) is 0 Å². The van der Waals surface area contributed by atoms with Crippen molar-refractivity contribution in [3.8, 4) is 0 Å². The Morgan fingerprint density at radius 2 is 1.73 bits per heavy atom. The summed E-state index contributed by atoms with van der Waals surface area (Å²) >= 11 is 0. The number of carbonyl (C=O) groups is 1. The summed E-state index contributed by atoms with van der Waals surface area (Å²) in [6.45, 7) is 4.38. The predicted octanol–water partition coefficient (Wildman–Crippen LogP) is 4.18. The van der Waals surface area contributed by atoms with Crippen molar-refractivity contribution in [1.82, 2.24) is 5.48 Å². The molecule has 6 heteroatoms. The summed E-state index contributed by atoms with van der Waals surface area (Å²) in [5.74, 6) is -0.210. The summed E-state index contributed by atoms with van der Waals surface area (Å²) in [7, 11) is -3.26. The first kappa shape index (κ1) is 22.6. The van der Waals surface area contributed by atoms with E-state index in [9.17, 15) is 13.2 Å². The van der Waals surface area contributed by atoms with E-state index in [0.717, 1.165) is 37.7 Å². The van der Waals surface area contributed by atoms with E-state index in [1.807, 2.05) is 37.3 Å². The number of hydrogen-bond acceptors (Lipinski definition) is 4. The Kier molecular flexibility index (Phi) is 11.2. The van der Waals surface area contributed by atoms with Gasteiger partial charge in [-0.1, -0.05) is 76.3 Å². The van der Waals surface area contributed by atoms with Crippen molar-refractivity contribution in [1.29, 1.82) is 0 Å². The van der Waals surface area contributed by atoms with Crippen LogP contribution < -0.4 is 5.48 Å². The Hall–Kier alpha value is -1.40. The van der Waals surface area contributed by atoms with Crippen LogP contribution in [0, 0.1) is 0 Å². The van der Waals surface area contributed by atoms with Gasteiger partial charge in [0.05, 0.1) is 17.6 Å². The Balaban J connectivity index is 2.49. The summed E-state index contributed by atoms with van der Waals surface area (Å²) in [6.07, 6.45) is 5.91. The van der Waals surface area contributed by atoms with Gasteiger partial charge in [0.25, 0.3) is 0 Å². The first-order valence-electron chi connectivity index (χ1n) is 9.65. The molecule has 0 radical (unpaired) electrons. The van der Waals surface area contributed by atoms with E-state index in [1.165, 1.54) is 0 Å². The van der Waals surface area contributed by atoms with Crippen LogP contribution >= 0.6 is 0 Å². The van der Waals surface area contributed by atoms with Crippen LogP contribution in [-0.2, 0) is 26.1 Å². The third-order valence-corrected chi connectivity index (χ3v) is 6.63. The molecule has 0 saturated heterocycles. The molecular formula is C20H33NO4S. The van der Waals surface area contributed by atoms with Gasteiger partial charge in [0.2, 0.25) is 5.91 Å². The maximum Gasteiger partial charge on any atom is 0.244 e. The number of hydrogen-bond donors (Lipinski definition) is 1. The highest BCUT2D eigenvalue weighted by Gasteiger charge is 2.27. The Labute approximate surface area is 158 Å². The molecule has 1 atom stereocenters. The smallest absolute Gasteiger partial charge is 0.244 e. The van der Waals surface area contributed by atoms with Crippen LogP contribution in [0.15, 0.2) is 30.3 Å². The van der Waals surface area contributed by atoms with Crippen molar-refractivity contribution in [3.05, 3.63) is 35.9 Å². The summed E-state index contributed by atoms with van der Waals surface area (Å²) in [6, 6.07) is 9.50. The van der Waals surface area contributed by atoms with Crippen molar-refractivity contribution in [2.45, 2.75) is 77.1 Å².